The van der Waals surface area contributed by atoms with Gasteiger partial charge in [0.2, 0.25) is 0 Å². The Morgan fingerprint density at radius 1 is 1.08 bits per heavy atom. The highest BCUT2D eigenvalue weighted by Gasteiger charge is 2.41. The van der Waals surface area contributed by atoms with Crippen LogP contribution in [0.5, 0.6) is 5.75 Å². The van der Waals surface area contributed by atoms with Crippen molar-refractivity contribution in [3.63, 3.8) is 0 Å². The molecule has 2 atom stereocenters. The first kappa shape index (κ1) is 17.0. The average molecular weight is 327 g/mol. The first-order valence-electron chi connectivity index (χ1n) is 8.24. The molecule has 1 heterocycles. The number of methoxy groups -OCH3 is 2. The van der Waals surface area contributed by atoms with Crippen molar-refractivity contribution in [1.82, 2.24) is 4.90 Å². The number of nitrogens with zero attached hydrogens (tertiary/aromatic N) is 1. The van der Waals surface area contributed by atoms with E-state index in [1.165, 1.54) is 11.1 Å². The summed E-state index contributed by atoms with van der Waals surface area (Å²) < 4.78 is 17.1. The second kappa shape index (κ2) is 7.34. The smallest absolute Gasteiger partial charge is 0.174 e. The zero-order chi connectivity index (χ0) is 17.0. The van der Waals surface area contributed by atoms with Crippen molar-refractivity contribution in [2.24, 2.45) is 0 Å². The lowest BCUT2D eigenvalue weighted by atomic mass is 9.89. The van der Waals surface area contributed by atoms with Crippen LogP contribution in [0, 0.1) is 0 Å². The summed E-state index contributed by atoms with van der Waals surface area (Å²) in [6.45, 7) is 4.33. The first-order chi connectivity index (χ1) is 11.6. The van der Waals surface area contributed by atoms with E-state index in [1.54, 1.807) is 14.2 Å². The van der Waals surface area contributed by atoms with Gasteiger partial charge in [-0.2, -0.15) is 0 Å². The standard InChI is InChI=1S/C20H25NO3/c1-20(23-3)19(17-9-11-18(22-2)12-10-17)14-21(15-24-20)13-16-7-5-4-6-8-16/h4-12,19H,13-15H2,1-3H3. The molecule has 0 N–H and O–H groups in total. The zero-order valence-corrected chi connectivity index (χ0v) is 14.6. The average Bonchev–Trinajstić information content (AvgIpc) is 2.64. The molecule has 2 aromatic rings. The van der Waals surface area contributed by atoms with Crippen molar-refractivity contribution < 1.29 is 14.2 Å². The fourth-order valence-electron chi connectivity index (χ4n) is 3.19. The molecule has 0 radical (unpaired) electrons. The Labute approximate surface area is 144 Å². The van der Waals surface area contributed by atoms with Gasteiger partial charge in [0.25, 0.3) is 0 Å². The maximum atomic E-state index is 6.10. The van der Waals surface area contributed by atoms with E-state index in [9.17, 15) is 0 Å². The van der Waals surface area contributed by atoms with Gasteiger partial charge in [-0.15, -0.1) is 0 Å². The fraction of sp³-hybridized carbons (Fsp3) is 0.400. The monoisotopic (exact) mass is 327 g/mol. The molecule has 2 aromatic carbocycles. The molecule has 1 saturated heterocycles. The van der Waals surface area contributed by atoms with Gasteiger partial charge in [-0.25, -0.2) is 0 Å². The number of hydrogen-bond acceptors (Lipinski definition) is 4. The van der Waals surface area contributed by atoms with Gasteiger partial charge in [-0.05, 0) is 30.2 Å². The van der Waals surface area contributed by atoms with Crippen LogP contribution in [0.25, 0.3) is 0 Å². The summed E-state index contributed by atoms with van der Waals surface area (Å²) >= 11 is 0. The van der Waals surface area contributed by atoms with Crippen molar-refractivity contribution in [1.29, 1.82) is 0 Å². The van der Waals surface area contributed by atoms with Crippen LogP contribution in [0.15, 0.2) is 54.6 Å². The molecule has 0 aromatic heterocycles. The van der Waals surface area contributed by atoms with Crippen molar-refractivity contribution in [3.05, 3.63) is 65.7 Å². The molecule has 128 valence electrons. The van der Waals surface area contributed by atoms with Gasteiger partial charge in [0.05, 0.1) is 13.0 Å². The molecule has 0 saturated carbocycles. The number of rotatable bonds is 5. The van der Waals surface area contributed by atoms with Crippen LogP contribution in [0.4, 0.5) is 0 Å². The topological polar surface area (TPSA) is 30.9 Å². The lowest BCUT2D eigenvalue weighted by Crippen LogP contribution is -2.51. The minimum atomic E-state index is -0.623. The van der Waals surface area contributed by atoms with Gasteiger partial charge in [-0.1, -0.05) is 42.5 Å². The van der Waals surface area contributed by atoms with Gasteiger partial charge in [0, 0.05) is 20.2 Å². The summed E-state index contributed by atoms with van der Waals surface area (Å²) in [5.41, 5.74) is 2.48. The van der Waals surface area contributed by atoms with Crippen LogP contribution >= 0.6 is 0 Å². The number of ether oxygens (including phenoxy) is 3. The normalized spacial score (nSPS) is 24.7. The van der Waals surface area contributed by atoms with E-state index in [0.717, 1.165) is 18.8 Å². The first-order valence-corrected chi connectivity index (χ1v) is 8.24. The second-order valence-corrected chi connectivity index (χ2v) is 6.32. The molecule has 3 rings (SSSR count). The highest BCUT2D eigenvalue weighted by molar-refractivity contribution is 5.31. The molecule has 4 nitrogen and oxygen atoms in total. The molecule has 2 unspecified atom stereocenters. The molecule has 1 aliphatic rings. The Bertz CT molecular complexity index is 644. The SMILES string of the molecule is COc1ccc(C2CN(Cc3ccccc3)COC2(C)OC)cc1. The maximum absolute atomic E-state index is 6.10. The molecule has 0 amide bonds. The molecule has 4 heteroatoms. The second-order valence-electron chi connectivity index (χ2n) is 6.32. The van der Waals surface area contributed by atoms with Crippen molar-refractivity contribution in [2.45, 2.75) is 25.2 Å². The third kappa shape index (κ3) is 3.61. The van der Waals surface area contributed by atoms with Gasteiger partial charge in [0.1, 0.15) is 12.5 Å². The van der Waals surface area contributed by atoms with Crippen LogP contribution in [-0.4, -0.2) is 38.2 Å². The van der Waals surface area contributed by atoms with Crippen molar-refractivity contribution >= 4 is 0 Å². The predicted octanol–water partition coefficient (Wildman–Crippen LogP) is 3.63. The van der Waals surface area contributed by atoms with E-state index < -0.39 is 5.79 Å². The molecule has 24 heavy (non-hydrogen) atoms. The van der Waals surface area contributed by atoms with Crippen molar-refractivity contribution in [3.8, 4) is 5.75 Å². The van der Waals surface area contributed by atoms with Gasteiger partial charge >= 0.3 is 0 Å². The van der Waals surface area contributed by atoms with Crippen LogP contribution in [0.1, 0.15) is 24.0 Å². The van der Waals surface area contributed by atoms with Crippen molar-refractivity contribution in [2.75, 3.05) is 27.5 Å². The Morgan fingerprint density at radius 3 is 2.42 bits per heavy atom. The summed E-state index contributed by atoms with van der Waals surface area (Å²) in [5, 5.41) is 0. The van der Waals surface area contributed by atoms with E-state index in [2.05, 4.69) is 41.3 Å². The largest absolute Gasteiger partial charge is 0.497 e. The van der Waals surface area contributed by atoms with Gasteiger partial charge in [-0.3, -0.25) is 4.90 Å². The molecule has 0 spiro atoms. The molecule has 1 fully saturated rings. The van der Waals surface area contributed by atoms with E-state index >= 15 is 0 Å². The van der Waals surface area contributed by atoms with Gasteiger partial charge in [0.15, 0.2) is 5.79 Å². The summed E-state index contributed by atoms with van der Waals surface area (Å²) in [5.74, 6) is 0.364. The minimum absolute atomic E-state index is 0.130. The summed E-state index contributed by atoms with van der Waals surface area (Å²) in [7, 11) is 3.39. The summed E-state index contributed by atoms with van der Waals surface area (Å²) in [6, 6.07) is 18.6. The van der Waals surface area contributed by atoms with Crippen LogP contribution in [-0.2, 0) is 16.0 Å². The van der Waals surface area contributed by atoms with E-state index in [1.807, 2.05) is 25.1 Å². The highest BCUT2D eigenvalue weighted by Crippen LogP contribution is 2.37. The van der Waals surface area contributed by atoms with E-state index in [-0.39, 0.29) is 5.92 Å². The predicted molar refractivity (Wildman–Crippen MR) is 94.0 cm³/mol. The summed E-state index contributed by atoms with van der Waals surface area (Å²) in [4.78, 5) is 2.31. The quantitative estimate of drug-likeness (QED) is 0.839. The Balaban J connectivity index is 1.79. The van der Waals surface area contributed by atoms with Crippen LogP contribution in [0.2, 0.25) is 0 Å². The molecular weight excluding hydrogens is 302 g/mol. The third-order valence-electron chi connectivity index (χ3n) is 4.78. The molecule has 0 aliphatic carbocycles. The van der Waals surface area contributed by atoms with Gasteiger partial charge < -0.3 is 14.2 Å². The van der Waals surface area contributed by atoms with Crippen LogP contribution < -0.4 is 4.74 Å². The molecule has 1 aliphatic heterocycles. The Kier molecular flexibility index (Phi) is 5.19. The zero-order valence-electron chi connectivity index (χ0n) is 14.6. The number of benzene rings is 2. The molecular formula is C20H25NO3. The lowest BCUT2D eigenvalue weighted by Gasteiger charge is -2.45. The Morgan fingerprint density at radius 2 is 1.79 bits per heavy atom. The van der Waals surface area contributed by atoms with Crippen LogP contribution in [0.3, 0.4) is 0 Å². The molecule has 0 bridgehead atoms. The minimum Gasteiger partial charge on any atom is -0.497 e. The fourth-order valence-corrected chi connectivity index (χ4v) is 3.19. The maximum Gasteiger partial charge on any atom is 0.174 e. The Hall–Kier alpha value is -1.88. The lowest BCUT2D eigenvalue weighted by molar-refractivity contribution is -0.271. The highest BCUT2D eigenvalue weighted by atomic mass is 16.7. The van der Waals surface area contributed by atoms with E-state index in [4.69, 9.17) is 14.2 Å². The summed E-state index contributed by atoms with van der Waals surface area (Å²) in [6.07, 6.45) is 0. The van der Waals surface area contributed by atoms with E-state index in [0.29, 0.717) is 6.73 Å². The number of hydrogen-bond donors (Lipinski definition) is 0. The third-order valence-corrected chi connectivity index (χ3v) is 4.78.